The van der Waals surface area contributed by atoms with E-state index in [0.717, 1.165) is 10.2 Å². The molecule has 124 valence electrons. The summed E-state index contributed by atoms with van der Waals surface area (Å²) in [5.74, 6) is -0.351. The van der Waals surface area contributed by atoms with Crippen molar-refractivity contribution in [2.45, 2.75) is 26.3 Å². The van der Waals surface area contributed by atoms with Crippen LogP contribution < -0.4 is 11.1 Å². The van der Waals surface area contributed by atoms with E-state index in [1.54, 1.807) is 18.2 Å². The molecule has 0 bridgehead atoms. The smallest absolute Gasteiger partial charge is 0.437 e. The molecule has 0 aliphatic rings. The number of rotatable bonds is 5. The van der Waals surface area contributed by atoms with Gasteiger partial charge >= 0.3 is 5.76 Å². The molecule has 0 atom stereocenters. The Morgan fingerprint density at radius 3 is 2.83 bits per heavy atom. The van der Waals surface area contributed by atoms with Crippen LogP contribution in [-0.4, -0.2) is 15.7 Å². The zero-order chi connectivity index (χ0) is 17.1. The largest absolute Gasteiger partial charge is 0.459 e. The Hall–Kier alpha value is -3.09. The molecule has 7 heteroatoms. The second-order valence-corrected chi connectivity index (χ2v) is 5.64. The van der Waals surface area contributed by atoms with E-state index in [9.17, 15) is 9.59 Å². The lowest BCUT2D eigenvalue weighted by Crippen LogP contribution is -2.25. The van der Waals surface area contributed by atoms with Gasteiger partial charge in [0, 0.05) is 5.69 Å². The Morgan fingerprint density at radius 2 is 2.12 bits per heavy atom. The number of hydrogen-bond donors (Lipinski definition) is 1. The summed E-state index contributed by atoms with van der Waals surface area (Å²) in [6.07, 6.45) is 1.45. The molecule has 0 radical (unpaired) electrons. The van der Waals surface area contributed by atoms with Crippen LogP contribution in [0.5, 0.6) is 0 Å². The minimum atomic E-state index is -0.715. The van der Waals surface area contributed by atoms with Gasteiger partial charge in [0.1, 0.15) is 6.54 Å². The molecule has 0 fully saturated rings. The number of hydrogen-bond acceptors (Lipinski definition) is 5. The molecule has 24 heavy (non-hydrogen) atoms. The van der Waals surface area contributed by atoms with Gasteiger partial charge in [0.25, 0.3) is 5.89 Å². The minimum absolute atomic E-state index is 0.0413. The second kappa shape index (κ2) is 6.57. The molecule has 0 aliphatic heterocycles. The fourth-order valence-electron chi connectivity index (χ4n) is 2.22. The van der Waals surface area contributed by atoms with Crippen molar-refractivity contribution in [3.05, 3.63) is 58.8 Å². The predicted octanol–water partition coefficient (Wildman–Crippen LogP) is 2.86. The monoisotopic (exact) mass is 327 g/mol. The third kappa shape index (κ3) is 3.45. The average molecular weight is 327 g/mol. The standard InChI is InChI=1S/C17H17N3O4/c1-11(2)12-5-3-6-13(9-12)18-15(21)10-20-17(22)24-16(19-20)14-7-4-8-23-14/h3-9,11H,10H2,1-2H3,(H,18,21). The van der Waals surface area contributed by atoms with Gasteiger partial charge in [-0.1, -0.05) is 26.0 Å². The number of benzene rings is 1. The van der Waals surface area contributed by atoms with Crippen LogP contribution in [0.3, 0.4) is 0 Å². The van der Waals surface area contributed by atoms with E-state index in [1.807, 2.05) is 18.2 Å². The third-order valence-corrected chi connectivity index (χ3v) is 3.47. The van der Waals surface area contributed by atoms with Crippen LogP contribution in [0.15, 0.2) is 56.3 Å². The lowest BCUT2D eigenvalue weighted by Gasteiger charge is -2.09. The predicted molar refractivity (Wildman–Crippen MR) is 87.6 cm³/mol. The fourth-order valence-corrected chi connectivity index (χ4v) is 2.22. The average Bonchev–Trinajstić information content (AvgIpc) is 3.18. The highest BCUT2D eigenvalue weighted by Crippen LogP contribution is 2.18. The number of nitrogens with one attached hydrogen (secondary N) is 1. The summed E-state index contributed by atoms with van der Waals surface area (Å²) in [7, 11) is 0. The first-order valence-corrected chi connectivity index (χ1v) is 7.54. The number of carbonyl (C=O) groups excluding carboxylic acids is 1. The molecule has 0 spiro atoms. The van der Waals surface area contributed by atoms with Crippen LogP contribution in [0, 0.1) is 0 Å². The minimum Gasteiger partial charge on any atom is -0.459 e. The number of carbonyl (C=O) groups is 1. The summed E-state index contributed by atoms with van der Waals surface area (Å²) in [5.41, 5.74) is 1.79. The van der Waals surface area contributed by atoms with Crippen molar-refractivity contribution in [1.29, 1.82) is 0 Å². The van der Waals surface area contributed by atoms with E-state index in [-0.39, 0.29) is 18.3 Å². The van der Waals surface area contributed by atoms with Gasteiger partial charge in [0.2, 0.25) is 5.91 Å². The van der Waals surface area contributed by atoms with E-state index >= 15 is 0 Å². The zero-order valence-corrected chi connectivity index (χ0v) is 13.4. The molecule has 7 nitrogen and oxygen atoms in total. The molecule has 2 aromatic heterocycles. The van der Waals surface area contributed by atoms with Gasteiger partial charge in [-0.15, -0.1) is 5.10 Å². The highest BCUT2D eigenvalue weighted by atomic mass is 16.4. The highest BCUT2D eigenvalue weighted by Gasteiger charge is 2.15. The van der Waals surface area contributed by atoms with E-state index in [4.69, 9.17) is 8.83 Å². The van der Waals surface area contributed by atoms with E-state index < -0.39 is 5.76 Å². The van der Waals surface area contributed by atoms with Gasteiger partial charge in [-0.25, -0.2) is 4.79 Å². The number of aromatic nitrogens is 2. The van der Waals surface area contributed by atoms with E-state index in [0.29, 0.717) is 17.4 Å². The Bertz CT molecular complexity index is 891. The Balaban J connectivity index is 1.71. The summed E-state index contributed by atoms with van der Waals surface area (Å²) >= 11 is 0. The summed E-state index contributed by atoms with van der Waals surface area (Å²) in [6, 6.07) is 10.8. The topological polar surface area (TPSA) is 90.3 Å². The Kier molecular flexibility index (Phi) is 4.33. The molecular weight excluding hydrogens is 310 g/mol. The van der Waals surface area contributed by atoms with Gasteiger partial charge in [0.15, 0.2) is 5.76 Å². The molecule has 1 aromatic carbocycles. The maximum absolute atomic E-state index is 12.1. The van der Waals surface area contributed by atoms with Crippen molar-refractivity contribution < 1.29 is 13.6 Å². The van der Waals surface area contributed by atoms with Crippen molar-refractivity contribution in [1.82, 2.24) is 9.78 Å². The van der Waals surface area contributed by atoms with Crippen molar-refractivity contribution in [2.24, 2.45) is 0 Å². The van der Waals surface area contributed by atoms with Crippen LogP contribution in [-0.2, 0) is 11.3 Å². The molecule has 1 amide bonds. The Morgan fingerprint density at radius 1 is 1.29 bits per heavy atom. The first-order chi connectivity index (χ1) is 11.5. The van der Waals surface area contributed by atoms with Gasteiger partial charge < -0.3 is 14.2 Å². The Labute approximate surface area is 137 Å². The van der Waals surface area contributed by atoms with Crippen molar-refractivity contribution in [3.63, 3.8) is 0 Å². The van der Waals surface area contributed by atoms with Gasteiger partial charge in [0.05, 0.1) is 6.26 Å². The number of furan rings is 1. The normalized spacial score (nSPS) is 11.0. The number of nitrogens with zero attached hydrogens (tertiary/aromatic N) is 2. The van der Waals surface area contributed by atoms with Gasteiger partial charge in [-0.05, 0) is 35.7 Å². The molecule has 1 N–H and O–H groups in total. The molecule has 0 saturated heterocycles. The zero-order valence-electron chi connectivity index (χ0n) is 13.4. The summed E-state index contributed by atoms with van der Waals surface area (Å²) < 4.78 is 11.1. The summed E-state index contributed by atoms with van der Waals surface area (Å²) in [5, 5.41) is 6.72. The lowest BCUT2D eigenvalue weighted by atomic mass is 10.0. The second-order valence-electron chi connectivity index (χ2n) is 5.64. The van der Waals surface area contributed by atoms with Crippen LogP contribution in [0.1, 0.15) is 25.3 Å². The highest BCUT2D eigenvalue weighted by molar-refractivity contribution is 5.90. The van der Waals surface area contributed by atoms with Crippen LogP contribution in [0.2, 0.25) is 0 Å². The van der Waals surface area contributed by atoms with Crippen LogP contribution >= 0.6 is 0 Å². The van der Waals surface area contributed by atoms with Gasteiger partial charge in [-0.2, -0.15) is 4.68 Å². The van der Waals surface area contributed by atoms with E-state index in [2.05, 4.69) is 24.3 Å². The third-order valence-electron chi connectivity index (χ3n) is 3.47. The van der Waals surface area contributed by atoms with Crippen LogP contribution in [0.4, 0.5) is 5.69 Å². The number of anilines is 1. The van der Waals surface area contributed by atoms with Crippen molar-refractivity contribution >= 4 is 11.6 Å². The first kappa shape index (κ1) is 15.8. The van der Waals surface area contributed by atoms with Gasteiger partial charge in [-0.3, -0.25) is 4.79 Å². The van der Waals surface area contributed by atoms with Crippen molar-refractivity contribution in [3.8, 4) is 11.7 Å². The lowest BCUT2D eigenvalue weighted by molar-refractivity contribution is -0.117. The maximum Gasteiger partial charge on any atom is 0.437 e. The SMILES string of the molecule is CC(C)c1cccc(NC(=O)Cn2nc(-c3ccco3)oc2=O)c1. The van der Waals surface area contributed by atoms with E-state index in [1.165, 1.54) is 6.26 Å². The molecule has 2 heterocycles. The summed E-state index contributed by atoms with van der Waals surface area (Å²) in [4.78, 5) is 23.9. The van der Waals surface area contributed by atoms with Crippen molar-refractivity contribution in [2.75, 3.05) is 5.32 Å². The fraction of sp³-hybridized carbons (Fsp3) is 0.235. The molecular formula is C17H17N3O4. The molecule has 0 saturated carbocycles. The quantitative estimate of drug-likeness (QED) is 0.778. The van der Waals surface area contributed by atoms with Crippen LogP contribution in [0.25, 0.3) is 11.7 Å². The molecule has 3 rings (SSSR count). The molecule has 0 aliphatic carbocycles. The molecule has 0 unspecified atom stereocenters. The first-order valence-electron chi connectivity index (χ1n) is 7.54. The maximum atomic E-state index is 12.1. The number of amides is 1. The molecule has 3 aromatic rings. The summed E-state index contributed by atoms with van der Waals surface area (Å²) in [6.45, 7) is 3.91.